The van der Waals surface area contributed by atoms with E-state index in [4.69, 9.17) is 4.74 Å². The summed E-state index contributed by atoms with van der Waals surface area (Å²) in [5.41, 5.74) is 2.64. The van der Waals surface area contributed by atoms with Gasteiger partial charge in [0.1, 0.15) is 17.7 Å². The number of aromatic nitrogens is 2. The zero-order chi connectivity index (χ0) is 19.0. The Bertz CT molecular complexity index is 916. The summed E-state index contributed by atoms with van der Waals surface area (Å²) in [5, 5.41) is 2.99. The molecule has 7 heteroatoms. The van der Waals surface area contributed by atoms with E-state index in [0.717, 1.165) is 42.0 Å². The SMILES string of the molecule is Cc1nc(C2CCN(C(=O)Nc3ccc4c(c3)C[C@H](C)O4)CC2)cc(=O)[nH]1. The number of carbonyl (C=O) groups excluding carboxylic acids is 1. The van der Waals surface area contributed by atoms with E-state index in [1.807, 2.05) is 30.0 Å². The molecule has 2 aliphatic rings. The molecular formula is C20H24N4O3. The van der Waals surface area contributed by atoms with E-state index < -0.39 is 0 Å². The van der Waals surface area contributed by atoms with Crippen molar-refractivity contribution in [1.82, 2.24) is 14.9 Å². The summed E-state index contributed by atoms with van der Waals surface area (Å²) in [4.78, 5) is 33.2. The Balaban J connectivity index is 1.36. The van der Waals surface area contributed by atoms with Crippen molar-refractivity contribution in [2.75, 3.05) is 18.4 Å². The van der Waals surface area contributed by atoms with Crippen LogP contribution in [0.15, 0.2) is 29.1 Å². The highest BCUT2D eigenvalue weighted by Crippen LogP contribution is 2.31. The third-order valence-electron chi connectivity index (χ3n) is 5.23. The summed E-state index contributed by atoms with van der Waals surface area (Å²) >= 11 is 0. The minimum atomic E-state index is -0.118. The maximum absolute atomic E-state index is 12.6. The fraction of sp³-hybridized carbons (Fsp3) is 0.450. The first-order chi connectivity index (χ1) is 13.0. The summed E-state index contributed by atoms with van der Waals surface area (Å²) in [6.45, 7) is 5.12. The number of rotatable bonds is 2. The number of hydrogen-bond donors (Lipinski definition) is 2. The highest BCUT2D eigenvalue weighted by atomic mass is 16.5. The average molecular weight is 368 g/mol. The number of nitrogens with one attached hydrogen (secondary N) is 2. The normalized spacial score (nSPS) is 19.5. The molecule has 2 aromatic rings. The molecule has 0 aliphatic carbocycles. The molecule has 0 spiro atoms. The first-order valence-corrected chi connectivity index (χ1v) is 9.41. The molecule has 142 valence electrons. The number of fused-ring (bicyclic) bond motifs is 1. The van der Waals surface area contributed by atoms with Crippen LogP contribution in [0.2, 0.25) is 0 Å². The van der Waals surface area contributed by atoms with Crippen LogP contribution >= 0.6 is 0 Å². The Hall–Kier alpha value is -2.83. The molecule has 3 heterocycles. The van der Waals surface area contributed by atoms with Crippen LogP contribution in [-0.2, 0) is 6.42 Å². The van der Waals surface area contributed by atoms with Crippen LogP contribution < -0.4 is 15.6 Å². The van der Waals surface area contributed by atoms with Gasteiger partial charge in [-0.25, -0.2) is 9.78 Å². The number of amides is 2. The van der Waals surface area contributed by atoms with E-state index in [0.29, 0.717) is 18.9 Å². The fourth-order valence-electron chi connectivity index (χ4n) is 3.89. The molecule has 1 aromatic carbocycles. The monoisotopic (exact) mass is 368 g/mol. The summed E-state index contributed by atoms with van der Waals surface area (Å²) in [5.74, 6) is 1.75. The zero-order valence-electron chi connectivity index (χ0n) is 15.6. The molecule has 2 amide bonds. The Morgan fingerprint density at radius 2 is 2.07 bits per heavy atom. The molecule has 0 radical (unpaired) electrons. The van der Waals surface area contributed by atoms with Crippen LogP contribution in [0.4, 0.5) is 10.5 Å². The quantitative estimate of drug-likeness (QED) is 0.853. The van der Waals surface area contributed by atoms with Crippen molar-refractivity contribution < 1.29 is 9.53 Å². The van der Waals surface area contributed by atoms with Gasteiger partial charge in [0.2, 0.25) is 0 Å². The number of urea groups is 1. The van der Waals surface area contributed by atoms with Crippen molar-refractivity contribution in [1.29, 1.82) is 0 Å². The van der Waals surface area contributed by atoms with E-state index >= 15 is 0 Å². The van der Waals surface area contributed by atoms with Crippen LogP contribution in [0, 0.1) is 6.92 Å². The first kappa shape index (κ1) is 17.6. The minimum Gasteiger partial charge on any atom is -0.490 e. The number of carbonyl (C=O) groups is 1. The van der Waals surface area contributed by atoms with Gasteiger partial charge < -0.3 is 19.9 Å². The average Bonchev–Trinajstić information content (AvgIpc) is 3.00. The Morgan fingerprint density at radius 1 is 1.30 bits per heavy atom. The second-order valence-electron chi connectivity index (χ2n) is 7.40. The molecule has 4 rings (SSSR count). The molecule has 2 N–H and O–H groups in total. The number of piperidine rings is 1. The topological polar surface area (TPSA) is 87.3 Å². The standard InChI is InChI=1S/C20H24N4O3/c1-12-9-15-10-16(3-4-18(15)27-12)23-20(26)24-7-5-14(6-8-24)17-11-19(25)22-13(2)21-17/h3-4,10-12,14H,5-9H2,1-2H3,(H,23,26)(H,21,22,25)/t12-/m0/s1. The Kier molecular flexibility index (Phi) is 4.59. The van der Waals surface area contributed by atoms with Crippen molar-refractivity contribution in [3.05, 3.63) is 51.7 Å². The second-order valence-corrected chi connectivity index (χ2v) is 7.40. The lowest BCUT2D eigenvalue weighted by atomic mass is 9.93. The number of aryl methyl sites for hydroxylation is 1. The first-order valence-electron chi connectivity index (χ1n) is 9.41. The van der Waals surface area contributed by atoms with E-state index in [2.05, 4.69) is 15.3 Å². The zero-order valence-corrected chi connectivity index (χ0v) is 15.6. The molecule has 27 heavy (non-hydrogen) atoms. The highest BCUT2D eigenvalue weighted by molar-refractivity contribution is 5.89. The lowest BCUT2D eigenvalue weighted by Gasteiger charge is -2.31. The minimum absolute atomic E-state index is 0.0876. The molecule has 7 nitrogen and oxygen atoms in total. The Labute approximate surface area is 157 Å². The second kappa shape index (κ2) is 7.06. The van der Waals surface area contributed by atoms with Gasteiger partial charge in [-0.2, -0.15) is 0 Å². The van der Waals surface area contributed by atoms with Gasteiger partial charge in [-0.1, -0.05) is 0 Å². The smallest absolute Gasteiger partial charge is 0.321 e. The molecule has 1 aromatic heterocycles. The molecule has 0 unspecified atom stereocenters. The number of nitrogens with zero attached hydrogens (tertiary/aromatic N) is 2. The van der Waals surface area contributed by atoms with Crippen molar-refractivity contribution in [2.24, 2.45) is 0 Å². The van der Waals surface area contributed by atoms with Crippen LogP contribution in [-0.4, -0.2) is 40.1 Å². The number of hydrogen-bond acceptors (Lipinski definition) is 4. The predicted molar refractivity (Wildman–Crippen MR) is 102 cm³/mol. The van der Waals surface area contributed by atoms with Crippen LogP contribution in [0.5, 0.6) is 5.75 Å². The third-order valence-corrected chi connectivity index (χ3v) is 5.23. The number of likely N-dealkylation sites (tertiary alicyclic amines) is 1. The van der Waals surface area contributed by atoms with Crippen molar-refractivity contribution in [3.8, 4) is 5.75 Å². The molecule has 0 bridgehead atoms. The Morgan fingerprint density at radius 3 is 2.81 bits per heavy atom. The number of aromatic amines is 1. The van der Waals surface area contributed by atoms with Gasteiger partial charge in [-0.3, -0.25) is 4.79 Å². The molecule has 1 fully saturated rings. The third kappa shape index (κ3) is 3.82. The number of ether oxygens (including phenoxy) is 1. The maximum atomic E-state index is 12.6. The molecule has 1 saturated heterocycles. The summed E-state index contributed by atoms with van der Waals surface area (Å²) in [6, 6.07) is 7.27. The fourth-order valence-corrected chi connectivity index (χ4v) is 3.89. The van der Waals surface area contributed by atoms with Gasteiger partial charge in [0.05, 0.1) is 5.69 Å². The molecule has 0 saturated carbocycles. The van der Waals surface area contributed by atoms with Crippen molar-refractivity contribution in [3.63, 3.8) is 0 Å². The predicted octanol–water partition coefficient (Wildman–Crippen LogP) is 2.81. The van der Waals surface area contributed by atoms with Gasteiger partial charge in [0.15, 0.2) is 0 Å². The molecular weight excluding hydrogens is 344 g/mol. The van der Waals surface area contributed by atoms with Gasteiger partial charge in [0.25, 0.3) is 5.56 Å². The summed E-state index contributed by atoms with van der Waals surface area (Å²) in [7, 11) is 0. The number of H-pyrrole nitrogens is 1. The molecule has 1 atom stereocenters. The summed E-state index contributed by atoms with van der Waals surface area (Å²) in [6.07, 6.45) is 2.66. The van der Waals surface area contributed by atoms with Crippen molar-refractivity contribution in [2.45, 2.75) is 45.1 Å². The highest BCUT2D eigenvalue weighted by Gasteiger charge is 2.26. The number of benzene rings is 1. The van der Waals surface area contributed by atoms with Crippen LogP contribution in [0.1, 0.15) is 42.8 Å². The van der Waals surface area contributed by atoms with Crippen LogP contribution in [0.25, 0.3) is 0 Å². The van der Waals surface area contributed by atoms with Gasteiger partial charge in [-0.05, 0) is 50.5 Å². The van der Waals surface area contributed by atoms with E-state index in [1.54, 1.807) is 13.0 Å². The van der Waals surface area contributed by atoms with E-state index in [1.165, 1.54) is 0 Å². The van der Waals surface area contributed by atoms with E-state index in [-0.39, 0.29) is 23.6 Å². The van der Waals surface area contributed by atoms with Crippen LogP contribution in [0.3, 0.4) is 0 Å². The van der Waals surface area contributed by atoms with Crippen molar-refractivity contribution >= 4 is 11.7 Å². The molecule has 2 aliphatic heterocycles. The number of anilines is 1. The van der Waals surface area contributed by atoms with Gasteiger partial charge >= 0.3 is 6.03 Å². The van der Waals surface area contributed by atoms with Gasteiger partial charge in [-0.15, -0.1) is 0 Å². The van der Waals surface area contributed by atoms with E-state index in [9.17, 15) is 9.59 Å². The summed E-state index contributed by atoms with van der Waals surface area (Å²) < 4.78 is 5.70. The lowest BCUT2D eigenvalue weighted by Crippen LogP contribution is -2.40. The van der Waals surface area contributed by atoms with Gasteiger partial charge in [0, 0.05) is 37.2 Å². The lowest BCUT2D eigenvalue weighted by molar-refractivity contribution is 0.194. The maximum Gasteiger partial charge on any atom is 0.321 e. The largest absolute Gasteiger partial charge is 0.490 e.